The molecule has 28 heavy (non-hydrogen) atoms. The van der Waals surface area contributed by atoms with Crippen molar-refractivity contribution in [2.75, 3.05) is 33.0 Å². The summed E-state index contributed by atoms with van der Waals surface area (Å²) in [6, 6.07) is 5.76. The maximum atomic E-state index is 12.7. The largest absolute Gasteiger partial charge is 0.484 e. The minimum Gasteiger partial charge on any atom is -0.484 e. The average molecular weight is 387 g/mol. The number of oxazole rings is 1. The summed E-state index contributed by atoms with van der Waals surface area (Å²) >= 11 is 0. The Labute approximate surface area is 164 Å². The molecular weight excluding hydrogens is 362 g/mol. The number of carbonyl (C=O) groups is 1. The van der Waals surface area contributed by atoms with Crippen LogP contribution in [0.3, 0.4) is 0 Å². The van der Waals surface area contributed by atoms with Crippen molar-refractivity contribution >= 4 is 5.91 Å². The van der Waals surface area contributed by atoms with Crippen LogP contribution >= 0.6 is 0 Å². The highest BCUT2D eigenvalue weighted by Crippen LogP contribution is 2.35. The zero-order chi connectivity index (χ0) is 19.5. The summed E-state index contributed by atoms with van der Waals surface area (Å²) in [5.74, 6) is 2.24. The van der Waals surface area contributed by atoms with Crippen LogP contribution in [0.5, 0.6) is 17.2 Å². The quantitative estimate of drug-likeness (QED) is 0.722. The number of hydrogen-bond donors (Lipinski definition) is 0. The molecule has 2 aliphatic rings. The molecule has 8 heteroatoms. The van der Waals surface area contributed by atoms with Crippen LogP contribution in [0.25, 0.3) is 0 Å². The van der Waals surface area contributed by atoms with Crippen molar-refractivity contribution in [3.05, 3.63) is 36.0 Å². The van der Waals surface area contributed by atoms with Gasteiger partial charge in [-0.2, -0.15) is 0 Å². The van der Waals surface area contributed by atoms with E-state index in [1.165, 1.54) is 6.26 Å². The minimum absolute atomic E-state index is 0.0901. The number of aromatic nitrogens is 1. The molecular formula is C20H25N3O5. The monoisotopic (exact) mass is 387 g/mol. The van der Waals surface area contributed by atoms with Crippen LogP contribution in [0.2, 0.25) is 0 Å². The van der Waals surface area contributed by atoms with Gasteiger partial charge in [0.2, 0.25) is 12.7 Å². The van der Waals surface area contributed by atoms with E-state index >= 15 is 0 Å². The molecule has 8 nitrogen and oxygen atoms in total. The van der Waals surface area contributed by atoms with Gasteiger partial charge in [0.25, 0.3) is 5.91 Å². The van der Waals surface area contributed by atoms with E-state index in [9.17, 15) is 4.79 Å². The van der Waals surface area contributed by atoms with E-state index < -0.39 is 0 Å². The van der Waals surface area contributed by atoms with Crippen molar-refractivity contribution in [3.8, 4) is 17.2 Å². The molecule has 0 unspecified atom stereocenters. The molecule has 2 aromatic rings. The molecule has 0 spiro atoms. The van der Waals surface area contributed by atoms with Crippen LogP contribution < -0.4 is 14.2 Å². The van der Waals surface area contributed by atoms with E-state index in [0.29, 0.717) is 34.9 Å². The van der Waals surface area contributed by atoms with Crippen LogP contribution in [0, 0.1) is 0 Å². The van der Waals surface area contributed by atoms with Gasteiger partial charge in [-0.15, -0.1) is 0 Å². The fourth-order valence-electron chi connectivity index (χ4n) is 3.71. The first-order chi connectivity index (χ1) is 13.7. The van der Waals surface area contributed by atoms with Gasteiger partial charge < -0.3 is 23.5 Å². The molecule has 150 valence electrons. The molecule has 1 aromatic carbocycles. The SMILES string of the molecule is CCN(CC)[C@@H]1CCN(C(=O)c2coc(COc3ccc4c(c3)OCO4)n2)C1. The Morgan fingerprint density at radius 2 is 2.11 bits per heavy atom. The first kappa shape index (κ1) is 18.6. The predicted molar refractivity (Wildman–Crippen MR) is 101 cm³/mol. The van der Waals surface area contributed by atoms with Gasteiger partial charge >= 0.3 is 0 Å². The first-order valence-corrected chi connectivity index (χ1v) is 9.68. The van der Waals surface area contributed by atoms with Crippen LogP contribution in [0.1, 0.15) is 36.6 Å². The van der Waals surface area contributed by atoms with Gasteiger partial charge in [-0.05, 0) is 31.6 Å². The van der Waals surface area contributed by atoms with Crippen molar-refractivity contribution < 1.29 is 23.4 Å². The number of hydrogen-bond acceptors (Lipinski definition) is 7. The highest BCUT2D eigenvalue weighted by atomic mass is 16.7. The lowest BCUT2D eigenvalue weighted by Gasteiger charge is -2.25. The highest BCUT2D eigenvalue weighted by molar-refractivity contribution is 5.92. The molecule has 1 saturated heterocycles. The van der Waals surface area contributed by atoms with Gasteiger partial charge in [-0.25, -0.2) is 4.98 Å². The maximum Gasteiger partial charge on any atom is 0.275 e. The molecule has 1 aromatic heterocycles. The molecule has 1 atom stereocenters. The average Bonchev–Trinajstić information content (AvgIpc) is 3.46. The van der Waals surface area contributed by atoms with Gasteiger partial charge in [0, 0.05) is 25.2 Å². The lowest BCUT2D eigenvalue weighted by atomic mass is 10.2. The maximum absolute atomic E-state index is 12.7. The van der Waals surface area contributed by atoms with Gasteiger partial charge in [0.05, 0.1) is 0 Å². The summed E-state index contributed by atoms with van der Waals surface area (Å²) in [7, 11) is 0. The summed E-state index contributed by atoms with van der Waals surface area (Å²) in [6.07, 6.45) is 2.40. The third-order valence-corrected chi connectivity index (χ3v) is 5.26. The third kappa shape index (κ3) is 3.77. The number of ether oxygens (including phenoxy) is 3. The van der Waals surface area contributed by atoms with Crippen molar-refractivity contribution in [3.63, 3.8) is 0 Å². The van der Waals surface area contributed by atoms with Crippen molar-refractivity contribution in [1.29, 1.82) is 0 Å². The third-order valence-electron chi connectivity index (χ3n) is 5.26. The van der Waals surface area contributed by atoms with Gasteiger partial charge in [-0.1, -0.05) is 13.8 Å². The van der Waals surface area contributed by atoms with Gasteiger partial charge in [0.15, 0.2) is 23.8 Å². The molecule has 0 radical (unpaired) electrons. The lowest BCUT2D eigenvalue weighted by molar-refractivity contribution is 0.0772. The van der Waals surface area contributed by atoms with Crippen molar-refractivity contribution in [2.45, 2.75) is 32.9 Å². The standard InChI is InChI=1S/C20H25N3O5/c1-3-22(4-2)14-7-8-23(10-14)20(24)16-11-26-19(21-16)12-25-15-5-6-17-18(9-15)28-13-27-17/h5-6,9,11,14H,3-4,7-8,10,12-13H2,1-2H3/t14-/m1/s1. The van der Waals surface area contributed by atoms with E-state index in [1.807, 2.05) is 4.90 Å². The second-order valence-electron chi connectivity index (χ2n) is 6.85. The molecule has 0 saturated carbocycles. The zero-order valence-corrected chi connectivity index (χ0v) is 16.2. The molecule has 1 amide bonds. The van der Waals surface area contributed by atoms with Crippen LogP contribution in [0.15, 0.2) is 28.9 Å². The predicted octanol–water partition coefficient (Wildman–Crippen LogP) is 2.54. The van der Waals surface area contributed by atoms with E-state index in [1.54, 1.807) is 18.2 Å². The summed E-state index contributed by atoms with van der Waals surface area (Å²) in [4.78, 5) is 21.3. The van der Waals surface area contributed by atoms with Crippen molar-refractivity contribution in [1.82, 2.24) is 14.8 Å². The van der Waals surface area contributed by atoms with E-state index in [2.05, 4.69) is 23.7 Å². The zero-order valence-electron chi connectivity index (χ0n) is 16.2. The van der Waals surface area contributed by atoms with Crippen LogP contribution in [-0.4, -0.2) is 59.7 Å². The second-order valence-corrected chi connectivity index (χ2v) is 6.85. The number of benzene rings is 1. The number of carbonyl (C=O) groups excluding carboxylic acids is 1. The summed E-state index contributed by atoms with van der Waals surface area (Å²) in [5.41, 5.74) is 0.324. The lowest BCUT2D eigenvalue weighted by Crippen LogP contribution is -2.38. The summed E-state index contributed by atoms with van der Waals surface area (Å²) in [6.45, 7) is 8.12. The van der Waals surface area contributed by atoms with E-state index in [-0.39, 0.29) is 19.3 Å². The first-order valence-electron chi connectivity index (χ1n) is 9.68. The molecule has 3 heterocycles. The number of nitrogens with zero attached hydrogens (tertiary/aromatic N) is 3. The fraction of sp³-hybridized carbons (Fsp3) is 0.500. The van der Waals surface area contributed by atoms with Gasteiger partial charge in [0.1, 0.15) is 12.0 Å². The Kier molecular flexibility index (Phi) is 5.38. The number of likely N-dealkylation sites (N-methyl/N-ethyl adjacent to an activating group) is 1. The Morgan fingerprint density at radius 1 is 1.29 bits per heavy atom. The number of amides is 1. The smallest absolute Gasteiger partial charge is 0.275 e. The minimum atomic E-state index is -0.0901. The fourth-order valence-corrected chi connectivity index (χ4v) is 3.71. The Morgan fingerprint density at radius 3 is 2.93 bits per heavy atom. The Hall–Kier alpha value is -2.74. The summed E-state index contributed by atoms with van der Waals surface area (Å²) in [5, 5.41) is 0. The molecule has 0 aliphatic carbocycles. The summed E-state index contributed by atoms with van der Waals surface area (Å²) < 4.78 is 21.7. The molecule has 0 bridgehead atoms. The van der Waals surface area contributed by atoms with Crippen LogP contribution in [-0.2, 0) is 6.61 Å². The van der Waals surface area contributed by atoms with Crippen LogP contribution in [0.4, 0.5) is 0 Å². The topological polar surface area (TPSA) is 77.3 Å². The Bertz CT molecular complexity index is 833. The highest BCUT2D eigenvalue weighted by Gasteiger charge is 2.31. The second kappa shape index (κ2) is 8.10. The molecule has 0 N–H and O–H groups in total. The molecule has 2 aliphatic heterocycles. The number of likely N-dealkylation sites (tertiary alicyclic amines) is 1. The Balaban J connectivity index is 1.33. The molecule has 4 rings (SSSR count). The van der Waals surface area contributed by atoms with Crippen molar-refractivity contribution in [2.24, 2.45) is 0 Å². The normalized spacial score (nSPS) is 18.1. The number of fused-ring (bicyclic) bond motifs is 1. The van der Waals surface area contributed by atoms with Gasteiger partial charge in [-0.3, -0.25) is 9.69 Å². The van der Waals surface area contributed by atoms with E-state index in [0.717, 1.165) is 32.6 Å². The van der Waals surface area contributed by atoms with E-state index in [4.69, 9.17) is 18.6 Å². The molecule has 1 fully saturated rings. The number of rotatable bonds is 7.